The highest BCUT2D eigenvalue weighted by atomic mass is 35.5. The number of hydrogen-bond donors (Lipinski definition) is 2. The minimum atomic E-state index is -0.523. The summed E-state index contributed by atoms with van der Waals surface area (Å²) >= 11 is 5.54. The molecule has 0 spiro atoms. The van der Waals surface area contributed by atoms with Crippen molar-refractivity contribution in [2.24, 2.45) is 11.5 Å². The monoisotopic (exact) mass is 189 g/mol. The summed E-state index contributed by atoms with van der Waals surface area (Å²) in [7, 11) is 0. The van der Waals surface area contributed by atoms with E-state index in [0.717, 1.165) is 6.20 Å². The van der Waals surface area contributed by atoms with Crippen molar-refractivity contribution >= 4 is 11.6 Å². The van der Waals surface area contributed by atoms with Crippen molar-refractivity contribution in [3.63, 3.8) is 0 Å². The first-order valence-corrected chi connectivity index (χ1v) is 3.79. The molecular weight excluding hydrogens is 181 g/mol. The molecule has 1 aromatic heterocycles. The summed E-state index contributed by atoms with van der Waals surface area (Å²) in [5, 5.41) is 0.218. The predicted molar refractivity (Wildman–Crippen MR) is 45.2 cm³/mol. The van der Waals surface area contributed by atoms with Gasteiger partial charge >= 0.3 is 0 Å². The lowest BCUT2D eigenvalue weighted by atomic mass is 10.1. The standard InChI is InChI=1S/C7H9ClFN3/c8-7-1-4(6(11)2-10)5(9)3-12-7/h1,3,6H,2,10-11H2. The summed E-state index contributed by atoms with van der Waals surface area (Å²) in [5.74, 6) is -0.475. The Morgan fingerprint density at radius 1 is 1.67 bits per heavy atom. The minimum Gasteiger partial charge on any atom is -0.329 e. The number of nitrogens with zero attached hydrogens (tertiary/aromatic N) is 1. The van der Waals surface area contributed by atoms with Gasteiger partial charge in [-0.15, -0.1) is 0 Å². The highest BCUT2D eigenvalue weighted by Crippen LogP contribution is 2.16. The lowest BCUT2D eigenvalue weighted by molar-refractivity contribution is 0.578. The van der Waals surface area contributed by atoms with Gasteiger partial charge in [0.2, 0.25) is 0 Å². The summed E-state index contributed by atoms with van der Waals surface area (Å²) in [6.45, 7) is 0.178. The molecule has 1 aromatic rings. The van der Waals surface area contributed by atoms with E-state index in [1.165, 1.54) is 6.07 Å². The smallest absolute Gasteiger partial charge is 0.146 e. The third-order valence-corrected chi connectivity index (χ3v) is 1.71. The number of hydrogen-bond acceptors (Lipinski definition) is 3. The number of halogens is 2. The van der Waals surface area contributed by atoms with Crippen molar-refractivity contribution in [2.75, 3.05) is 6.54 Å². The molecule has 0 aromatic carbocycles. The van der Waals surface area contributed by atoms with Gasteiger partial charge in [0, 0.05) is 18.2 Å². The fourth-order valence-electron chi connectivity index (χ4n) is 0.839. The van der Waals surface area contributed by atoms with Crippen molar-refractivity contribution in [1.29, 1.82) is 0 Å². The van der Waals surface area contributed by atoms with Crippen LogP contribution in [0.4, 0.5) is 4.39 Å². The van der Waals surface area contributed by atoms with Gasteiger partial charge in [0.15, 0.2) is 0 Å². The summed E-state index contributed by atoms with van der Waals surface area (Å²) in [6, 6.07) is 0.861. The van der Waals surface area contributed by atoms with Crippen molar-refractivity contribution in [2.45, 2.75) is 6.04 Å². The normalized spacial score (nSPS) is 13.0. The van der Waals surface area contributed by atoms with Crippen LogP contribution in [0.3, 0.4) is 0 Å². The van der Waals surface area contributed by atoms with Crippen LogP contribution in [0.25, 0.3) is 0 Å². The molecule has 0 bridgehead atoms. The summed E-state index contributed by atoms with van der Waals surface area (Å²) in [6.07, 6.45) is 1.03. The van der Waals surface area contributed by atoms with E-state index < -0.39 is 11.9 Å². The molecule has 0 aliphatic heterocycles. The van der Waals surface area contributed by atoms with Crippen LogP contribution in [-0.2, 0) is 0 Å². The number of pyridine rings is 1. The maximum absolute atomic E-state index is 13.0. The second-order valence-corrected chi connectivity index (χ2v) is 2.76. The molecule has 3 nitrogen and oxygen atoms in total. The molecule has 0 saturated carbocycles. The van der Waals surface area contributed by atoms with Gasteiger partial charge in [-0.25, -0.2) is 9.37 Å². The molecule has 1 unspecified atom stereocenters. The second-order valence-electron chi connectivity index (χ2n) is 2.37. The van der Waals surface area contributed by atoms with E-state index >= 15 is 0 Å². The lowest BCUT2D eigenvalue weighted by Crippen LogP contribution is -2.22. The molecule has 1 rings (SSSR count). The molecule has 1 heterocycles. The molecule has 0 aliphatic carbocycles. The first kappa shape index (κ1) is 9.38. The SMILES string of the molecule is NCC(N)c1cc(Cl)ncc1F. The number of aromatic nitrogens is 1. The highest BCUT2D eigenvalue weighted by molar-refractivity contribution is 6.29. The van der Waals surface area contributed by atoms with E-state index in [-0.39, 0.29) is 11.7 Å². The van der Waals surface area contributed by atoms with Gasteiger partial charge in [-0.1, -0.05) is 11.6 Å². The Morgan fingerprint density at radius 2 is 2.33 bits per heavy atom. The van der Waals surface area contributed by atoms with Gasteiger partial charge in [0.25, 0.3) is 0 Å². The van der Waals surface area contributed by atoms with Crippen molar-refractivity contribution in [3.05, 3.63) is 28.8 Å². The van der Waals surface area contributed by atoms with Gasteiger partial charge in [-0.3, -0.25) is 0 Å². The van der Waals surface area contributed by atoms with Gasteiger partial charge < -0.3 is 11.5 Å². The minimum absolute atomic E-state index is 0.178. The number of rotatable bonds is 2. The van der Waals surface area contributed by atoms with E-state index in [0.29, 0.717) is 5.56 Å². The van der Waals surface area contributed by atoms with Gasteiger partial charge in [0.05, 0.1) is 6.20 Å². The second kappa shape index (κ2) is 3.80. The van der Waals surface area contributed by atoms with Crippen LogP contribution in [-0.4, -0.2) is 11.5 Å². The number of nitrogens with two attached hydrogens (primary N) is 2. The van der Waals surface area contributed by atoms with Gasteiger partial charge in [-0.05, 0) is 6.07 Å². The molecule has 0 fully saturated rings. The van der Waals surface area contributed by atoms with Crippen LogP contribution < -0.4 is 11.5 Å². The predicted octanol–water partition coefficient (Wildman–Crippen LogP) is 0.833. The quantitative estimate of drug-likeness (QED) is 0.678. The zero-order valence-corrected chi connectivity index (χ0v) is 7.05. The van der Waals surface area contributed by atoms with E-state index in [2.05, 4.69) is 4.98 Å². The Labute approximate surface area is 74.5 Å². The van der Waals surface area contributed by atoms with E-state index in [4.69, 9.17) is 23.1 Å². The molecule has 0 saturated heterocycles. The highest BCUT2D eigenvalue weighted by Gasteiger charge is 2.10. The average Bonchev–Trinajstić information content (AvgIpc) is 2.08. The molecule has 4 N–H and O–H groups in total. The Hall–Kier alpha value is -0.710. The molecule has 1 atom stereocenters. The molecule has 5 heteroatoms. The van der Waals surface area contributed by atoms with Gasteiger partial charge in [-0.2, -0.15) is 0 Å². The van der Waals surface area contributed by atoms with E-state index in [1.54, 1.807) is 0 Å². The molecule has 12 heavy (non-hydrogen) atoms. The summed E-state index contributed by atoms with van der Waals surface area (Å²) < 4.78 is 13.0. The van der Waals surface area contributed by atoms with Crippen LogP contribution in [0.5, 0.6) is 0 Å². The lowest BCUT2D eigenvalue weighted by Gasteiger charge is -2.09. The third kappa shape index (κ3) is 1.91. The van der Waals surface area contributed by atoms with Crippen molar-refractivity contribution in [3.8, 4) is 0 Å². The first-order chi connectivity index (χ1) is 5.65. The Balaban J connectivity index is 3.04. The van der Waals surface area contributed by atoms with Crippen LogP contribution in [0, 0.1) is 5.82 Å². The van der Waals surface area contributed by atoms with E-state index in [1.807, 2.05) is 0 Å². The molecule has 0 amide bonds. The summed E-state index contributed by atoms with van der Waals surface area (Å²) in [4.78, 5) is 3.55. The van der Waals surface area contributed by atoms with Crippen LogP contribution in [0.1, 0.15) is 11.6 Å². The van der Waals surface area contributed by atoms with Crippen LogP contribution >= 0.6 is 11.6 Å². The zero-order valence-electron chi connectivity index (χ0n) is 6.30. The van der Waals surface area contributed by atoms with E-state index in [9.17, 15) is 4.39 Å². The Kier molecular flexibility index (Phi) is 2.97. The Morgan fingerprint density at radius 3 is 2.92 bits per heavy atom. The Bertz CT molecular complexity index is 279. The fraction of sp³-hybridized carbons (Fsp3) is 0.286. The zero-order chi connectivity index (χ0) is 9.14. The van der Waals surface area contributed by atoms with Crippen molar-refractivity contribution in [1.82, 2.24) is 4.98 Å². The molecule has 0 aliphatic rings. The van der Waals surface area contributed by atoms with Gasteiger partial charge in [0.1, 0.15) is 11.0 Å². The average molecular weight is 190 g/mol. The summed E-state index contributed by atoms with van der Waals surface area (Å²) in [5.41, 5.74) is 11.1. The fourth-order valence-corrected chi connectivity index (χ4v) is 1.00. The third-order valence-electron chi connectivity index (χ3n) is 1.51. The van der Waals surface area contributed by atoms with Crippen LogP contribution in [0.2, 0.25) is 5.15 Å². The maximum atomic E-state index is 13.0. The first-order valence-electron chi connectivity index (χ1n) is 3.41. The molecule has 66 valence electrons. The maximum Gasteiger partial charge on any atom is 0.146 e. The topological polar surface area (TPSA) is 64.9 Å². The van der Waals surface area contributed by atoms with Crippen molar-refractivity contribution < 1.29 is 4.39 Å². The van der Waals surface area contributed by atoms with Crippen LogP contribution in [0.15, 0.2) is 12.3 Å². The molecular formula is C7H9ClFN3. The molecule has 0 radical (unpaired) electrons. The largest absolute Gasteiger partial charge is 0.329 e.